The molecule has 0 saturated heterocycles. The third-order valence-electron chi connectivity index (χ3n) is 5.43. The Labute approximate surface area is 207 Å². The zero-order valence-electron chi connectivity index (χ0n) is 21.3. The van der Waals surface area contributed by atoms with Crippen molar-refractivity contribution in [2.24, 2.45) is 0 Å². The molecule has 9 heteroatoms. The second kappa shape index (κ2) is 24.4. The monoisotopic (exact) mass is 510 g/mol. The summed E-state index contributed by atoms with van der Waals surface area (Å²) in [5, 5.41) is 27.5. The quantitative estimate of drug-likeness (QED) is 0.0704. The van der Waals surface area contributed by atoms with Gasteiger partial charge in [0, 0.05) is 6.61 Å². The van der Waals surface area contributed by atoms with E-state index in [0.29, 0.717) is 6.61 Å². The molecule has 0 radical (unpaired) electrons. The van der Waals surface area contributed by atoms with Crippen molar-refractivity contribution < 1.29 is 38.6 Å². The summed E-state index contributed by atoms with van der Waals surface area (Å²) >= 11 is 0. The third-order valence-corrected chi connectivity index (χ3v) is 6.38. The van der Waals surface area contributed by atoms with Gasteiger partial charge < -0.3 is 24.9 Å². The molecule has 0 aromatic carbocycles. The summed E-state index contributed by atoms with van der Waals surface area (Å²) in [6.45, 7) is 1.24. The molecule has 8 nitrogen and oxygen atoms in total. The molecule has 0 saturated carbocycles. The molecule has 204 valence electrons. The van der Waals surface area contributed by atoms with Crippen LogP contribution in [0, 0.1) is 0 Å². The lowest BCUT2D eigenvalue weighted by atomic mass is 10.1. The van der Waals surface area contributed by atoms with Crippen LogP contribution in [0.25, 0.3) is 0 Å². The van der Waals surface area contributed by atoms with Crippen LogP contribution in [0.3, 0.4) is 0 Å². The van der Waals surface area contributed by atoms with E-state index in [-0.39, 0.29) is 6.61 Å². The molecule has 0 bridgehead atoms. The molecule has 0 aliphatic rings. The van der Waals surface area contributed by atoms with Gasteiger partial charge in [-0.2, -0.15) is 0 Å². The molecule has 0 fully saturated rings. The Kier molecular flexibility index (Phi) is 24.2. The first kappa shape index (κ1) is 33.7. The maximum atomic E-state index is 11.6. The fourth-order valence-electron chi connectivity index (χ4n) is 3.35. The van der Waals surface area contributed by atoms with Crippen molar-refractivity contribution in [1.82, 2.24) is 0 Å². The molecule has 0 rings (SSSR count). The molecule has 3 unspecified atom stereocenters. The van der Waals surface area contributed by atoms with Gasteiger partial charge in [0.1, 0.15) is 12.2 Å². The van der Waals surface area contributed by atoms with Crippen LogP contribution in [0.2, 0.25) is 0 Å². The Balaban J connectivity index is 3.39. The third kappa shape index (κ3) is 24.8. The zero-order chi connectivity index (χ0) is 25.3. The standard InChI is InChI=1S/C25H51O8P/c1-2-3-4-5-6-7-8-9-10-11-12-13-14-15-16-17-18-19-31-21-25(28)23-33-34(29,30)32-22-24(27)20-26/h10-11,24-28H,2-9,12-23H2,1H3,(H,29,30)/b11-10-. The highest BCUT2D eigenvalue weighted by molar-refractivity contribution is 7.47. The molecular formula is C25H51O8P. The van der Waals surface area contributed by atoms with E-state index in [1.165, 1.54) is 83.5 Å². The van der Waals surface area contributed by atoms with E-state index in [0.717, 1.165) is 12.8 Å². The Bertz CT molecular complexity index is 503. The van der Waals surface area contributed by atoms with Crippen LogP contribution in [0.4, 0.5) is 0 Å². The summed E-state index contributed by atoms with van der Waals surface area (Å²) in [5.74, 6) is 0. The number of allylic oxidation sites excluding steroid dienone is 2. The molecule has 3 atom stereocenters. The van der Waals surface area contributed by atoms with E-state index in [1.54, 1.807) is 0 Å². The molecule has 0 amide bonds. The first-order chi connectivity index (χ1) is 16.4. The molecule has 4 N–H and O–H groups in total. The van der Waals surface area contributed by atoms with Crippen LogP contribution in [0.5, 0.6) is 0 Å². The highest BCUT2D eigenvalue weighted by Gasteiger charge is 2.24. The lowest BCUT2D eigenvalue weighted by Crippen LogP contribution is -2.23. The minimum atomic E-state index is -4.38. The van der Waals surface area contributed by atoms with E-state index in [2.05, 4.69) is 28.1 Å². The number of hydrogen-bond acceptors (Lipinski definition) is 7. The first-order valence-electron chi connectivity index (χ1n) is 13.2. The van der Waals surface area contributed by atoms with Crippen molar-refractivity contribution in [3.8, 4) is 0 Å². The highest BCUT2D eigenvalue weighted by Crippen LogP contribution is 2.43. The minimum Gasteiger partial charge on any atom is -0.394 e. The molecule has 0 spiro atoms. The fraction of sp³-hybridized carbons (Fsp3) is 0.920. The lowest BCUT2D eigenvalue weighted by molar-refractivity contribution is -0.00437. The van der Waals surface area contributed by atoms with E-state index in [4.69, 9.17) is 14.9 Å². The number of unbranched alkanes of at least 4 members (excludes halogenated alkanes) is 13. The van der Waals surface area contributed by atoms with Crippen LogP contribution < -0.4 is 0 Å². The Morgan fingerprint density at radius 3 is 1.71 bits per heavy atom. The van der Waals surface area contributed by atoms with Crippen molar-refractivity contribution in [2.75, 3.05) is 33.0 Å². The predicted octanol–water partition coefficient (Wildman–Crippen LogP) is 5.28. The van der Waals surface area contributed by atoms with Crippen LogP contribution in [0.15, 0.2) is 12.2 Å². The van der Waals surface area contributed by atoms with Crippen molar-refractivity contribution in [3.63, 3.8) is 0 Å². The van der Waals surface area contributed by atoms with E-state index < -0.39 is 39.9 Å². The summed E-state index contributed by atoms with van der Waals surface area (Å²) in [6.07, 6.45) is 21.2. The van der Waals surface area contributed by atoms with Crippen LogP contribution in [0.1, 0.15) is 103 Å². The zero-order valence-corrected chi connectivity index (χ0v) is 22.2. The highest BCUT2D eigenvalue weighted by atomic mass is 31.2. The normalized spacial score (nSPS) is 15.6. The molecule has 0 aromatic rings. The van der Waals surface area contributed by atoms with E-state index in [9.17, 15) is 14.6 Å². The van der Waals surface area contributed by atoms with Crippen molar-refractivity contribution >= 4 is 7.82 Å². The van der Waals surface area contributed by atoms with Gasteiger partial charge in [0.25, 0.3) is 0 Å². The van der Waals surface area contributed by atoms with E-state index in [1.807, 2.05) is 0 Å². The van der Waals surface area contributed by atoms with Gasteiger partial charge in [0.15, 0.2) is 0 Å². The number of ether oxygens (including phenoxy) is 1. The van der Waals surface area contributed by atoms with Crippen molar-refractivity contribution in [2.45, 2.75) is 115 Å². The SMILES string of the molecule is CCCCCCCCC/C=C\CCCCCCCCOCC(O)COP(=O)(O)OCC(O)CO. The van der Waals surface area contributed by atoms with Gasteiger partial charge in [-0.25, -0.2) is 4.57 Å². The molecule has 0 heterocycles. The van der Waals surface area contributed by atoms with Crippen LogP contribution in [-0.4, -0.2) is 65.5 Å². The first-order valence-corrected chi connectivity index (χ1v) is 14.7. The predicted molar refractivity (Wildman–Crippen MR) is 136 cm³/mol. The molecule has 0 aromatic heterocycles. The minimum absolute atomic E-state index is 0.00442. The van der Waals surface area contributed by atoms with Crippen LogP contribution >= 0.6 is 7.82 Å². The molecule has 34 heavy (non-hydrogen) atoms. The topological polar surface area (TPSA) is 126 Å². The summed E-state index contributed by atoms with van der Waals surface area (Å²) < 4.78 is 26.1. The largest absolute Gasteiger partial charge is 0.472 e. The fourth-order valence-corrected chi connectivity index (χ4v) is 4.14. The maximum Gasteiger partial charge on any atom is 0.472 e. The summed E-state index contributed by atoms with van der Waals surface area (Å²) in [6, 6.07) is 0. The number of aliphatic hydroxyl groups is 3. The Hall–Kier alpha value is -0.310. The number of phosphoric ester groups is 1. The maximum absolute atomic E-state index is 11.6. The summed E-state index contributed by atoms with van der Waals surface area (Å²) in [7, 11) is -4.38. The molecular weight excluding hydrogens is 459 g/mol. The van der Waals surface area contributed by atoms with Gasteiger partial charge in [-0.3, -0.25) is 9.05 Å². The van der Waals surface area contributed by atoms with Gasteiger partial charge in [-0.15, -0.1) is 0 Å². The number of rotatable bonds is 26. The smallest absolute Gasteiger partial charge is 0.394 e. The molecule has 0 aliphatic heterocycles. The number of hydrogen-bond donors (Lipinski definition) is 4. The van der Waals surface area contributed by atoms with Crippen LogP contribution in [-0.2, 0) is 18.3 Å². The van der Waals surface area contributed by atoms with Crippen molar-refractivity contribution in [1.29, 1.82) is 0 Å². The van der Waals surface area contributed by atoms with Gasteiger partial charge in [-0.05, 0) is 32.1 Å². The second-order valence-corrected chi connectivity index (χ2v) is 10.4. The van der Waals surface area contributed by atoms with E-state index >= 15 is 0 Å². The number of phosphoric acid groups is 1. The molecule has 0 aliphatic carbocycles. The van der Waals surface area contributed by atoms with Gasteiger partial charge >= 0.3 is 7.82 Å². The average molecular weight is 511 g/mol. The number of aliphatic hydroxyl groups excluding tert-OH is 3. The van der Waals surface area contributed by atoms with Gasteiger partial charge in [0.05, 0.1) is 26.4 Å². The van der Waals surface area contributed by atoms with Gasteiger partial charge in [-0.1, -0.05) is 83.3 Å². The lowest BCUT2D eigenvalue weighted by Gasteiger charge is -2.16. The average Bonchev–Trinajstić information content (AvgIpc) is 2.82. The van der Waals surface area contributed by atoms with Gasteiger partial charge in [0.2, 0.25) is 0 Å². The second-order valence-electron chi connectivity index (χ2n) is 8.92. The van der Waals surface area contributed by atoms with Crippen molar-refractivity contribution in [3.05, 3.63) is 12.2 Å². The Morgan fingerprint density at radius 2 is 1.18 bits per heavy atom. The Morgan fingerprint density at radius 1 is 0.706 bits per heavy atom. The summed E-state index contributed by atoms with van der Waals surface area (Å²) in [4.78, 5) is 9.40. The summed E-state index contributed by atoms with van der Waals surface area (Å²) in [5.41, 5.74) is 0.